The van der Waals surface area contributed by atoms with E-state index >= 15 is 0 Å². The van der Waals surface area contributed by atoms with Crippen LogP contribution < -0.4 is 5.32 Å². The maximum atomic E-state index is 12.3. The second-order valence-electron chi connectivity index (χ2n) is 6.10. The Balaban J connectivity index is 1.88. The first-order valence-electron chi connectivity index (χ1n) is 7.93. The number of hydrogen-bond donors (Lipinski definition) is 1. The molecule has 1 amide bonds. The van der Waals surface area contributed by atoms with Crippen LogP contribution in [0.1, 0.15) is 35.2 Å². The summed E-state index contributed by atoms with van der Waals surface area (Å²) in [5.41, 5.74) is 1.81. The van der Waals surface area contributed by atoms with Crippen molar-refractivity contribution in [3.05, 3.63) is 53.1 Å². The van der Waals surface area contributed by atoms with Gasteiger partial charge in [-0.2, -0.15) is 0 Å². The first-order chi connectivity index (χ1) is 12.3. The standard InChI is InChI=1S/C18H18N2O4S2/c1-11(2)16-15(12-7-5-4-6-8-12)19-18(25-16)20-17(21)13-9-10-14(24-13)26(3,22)23/h4-11H,1-3H3,(H,19,20,21). The Kier molecular flexibility index (Phi) is 4.97. The van der Waals surface area contributed by atoms with E-state index in [1.165, 1.54) is 23.5 Å². The van der Waals surface area contributed by atoms with Gasteiger partial charge in [-0.1, -0.05) is 44.2 Å². The first-order valence-corrected chi connectivity index (χ1v) is 10.6. The van der Waals surface area contributed by atoms with Crippen molar-refractivity contribution in [1.29, 1.82) is 0 Å². The summed E-state index contributed by atoms with van der Waals surface area (Å²) in [4.78, 5) is 18.0. The van der Waals surface area contributed by atoms with Gasteiger partial charge in [-0.15, -0.1) is 11.3 Å². The molecule has 0 atom stereocenters. The van der Waals surface area contributed by atoms with Gasteiger partial charge in [0.1, 0.15) is 0 Å². The molecule has 0 aliphatic rings. The quantitative estimate of drug-likeness (QED) is 0.706. The highest BCUT2D eigenvalue weighted by Gasteiger charge is 2.20. The van der Waals surface area contributed by atoms with Gasteiger partial charge in [0.25, 0.3) is 5.91 Å². The molecule has 136 valence electrons. The van der Waals surface area contributed by atoms with Crippen molar-refractivity contribution >= 4 is 32.2 Å². The second-order valence-corrected chi connectivity index (χ2v) is 9.07. The number of benzene rings is 1. The lowest BCUT2D eigenvalue weighted by atomic mass is 10.1. The molecule has 0 saturated carbocycles. The molecule has 0 aliphatic carbocycles. The van der Waals surface area contributed by atoms with Crippen molar-refractivity contribution in [2.24, 2.45) is 0 Å². The van der Waals surface area contributed by atoms with Crippen LogP contribution in [0.3, 0.4) is 0 Å². The van der Waals surface area contributed by atoms with Crippen molar-refractivity contribution in [3.8, 4) is 11.3 Å². The minimum Gasteiger partial charge on any atom is -0.440 e. The molecule has 0 saturated heterocycles. The molecule has 2 heterocycles. The minimum atomic E-state index is -3.50. The Bertz CT molecular complexity index is 1030. The third-order valence-electron chi connectivity index (χ3n) is 3.62. The smallest absolute Gasteiger partial charge is 0.293 e. The lowest BCUT2D eigenvalue weighted by Crippen LogP contribution is -2.10. The molecule has 0 aliphatic heterocycles. The molecule has 1 aromatic carbocycles. The average molecular weight is 390 g/mol. The molecule has 1 N–H and O–H groups in total. The van der Waals surface area contributed by atoms with Crippen LogP contribution in [0.5, 0.6) is 0 Å². The van der Waals surface area contributed by atoms with Crippen molar-refractivity contribution in [1.82, 2.24) is 4.98 Å². The van der Waals surface area contributed by atoms with Crippen molar-refractivity contribution in [2.45, 2.75) is 24.9 Å². The lowest BCUT2D eigenvalue weighted by Gasteiger charge is -2.04. The third-order valence-corrected chi connectivity index (χ3v) is 5.84. The van der Waals surface area contributed by atoms with Gasteiger partial charge in [-0.3, -0.25) is 10.1 Å². The summed E-state index contributed by atoms with van der Waals surface area (Å²) in [6.07, 6.45) is 1.02. The highest BCUT2D eigenvalue weighted by molar-refractivity contribution is 7.90. The fourth-order valence-electron chi connectivity index (χ4n) is 2.38. The zero-order valence-corrected chi connectivity index (χ0v) is 16.1. The van der Waals surface area contributed by atoms with Gasteiger partial charge in [-0.25, -0.2) is 13.4 Å². The molecular formula is C18H18N2O4S2. The van der Waals surface area contributed by atoms with E-state index < -0.39 is 15.7 Å². The highest BCUT2D eigenvalue weighted by atomic mass is 32.2. The van der Waals surface area contributed by atoms with Crippen molar-refractivity contribution < 1.29 is 17.6 Å². The fraction of sp³-hybridized carbons (Fsp3) is 0.222. The number of carbonyl (C=O) groups is 1. The van der Waals surface area contributed by atoms with Crippen LogP contribution >= 0.6 is 11.3 Å². The minimum absolute atomic E-state index is 0.0759. The molecule has 0 bridgehead atoms. The fourth-order valence-corrected chi connectivity index (χ4v) is 3.92. The van der Waals surface area contributed by atoms with Crippen LogP contribution in [0.25, 0.3) is 11.3 Å². The number of nitrogens with zero attached hydrogens (tertiary/aromatic N) is 1. The van der Waals surface area contributed by atoms with Crippen molar-refractivity contribution in [3.63, 3.8) is 0 Å². The maximum absolute atomic E-state index is 12.3. The summed E-state index contributed by atoms with van der Waals surface area (Å²) >= 11 is 1.39. The summed E-state index contributed by atoms with van der Waals surface area (Å²) in [5, 5.41) is 2.89. The van der Waals surface area contributed by atoms with Gasteiger partial charge in [0.05, 0.1) is 5.69 Å². The van der Waals surface area contributed by atoms with Crippen LogP contribution in [0.2, 0.25) is 0 Å². The molecule has 0 unspecified atom stereocenters. The number of thiazole rings is 1. The summed E-state index contributed by atoms with van der Waals surface area (Å²) in [6.45, 7) is 4.13. The van der Waals surface area contributed by atoms with E-state index in [4.69, 9.17) is 4.42 Å². The van der Waals surface area contributed by atoms with Gasteiger partial charge in [0.15, 0.2) is 10.9 Å². The van der Waals surface area contributed by atoms with Crippen LogP contribution in [0.4, 0.5) is 5.13 Å². The normalized spacial score (nSPS) is 11.7. The molecule has 3 aromatic rings. The number of rotatable bonds is 5. The molecule has 6 nitrogen and oxygen atoms in total. The average Bonchev–Trinajstić information content (AvgIpc) is 3.22. The number of nitrogens with one attached hydrogen (secondary N) is 1. The van der Waals surface area contributed by atoms with Gasteiger partial charge in [-0.05, 0) is 18.1 Å². The molecule has 0 spiro atoms. The lowest BCUT2D eigenvalue weighted by molar-refractivity contribution is 0.0991. The van der Waals surface area contributed by atoms with Gasteiger partial charge >= 0.3 is 0 Å². The summed E-state index contributed by atoms with van der Waals surface area (Å²) in [6, 6.07) is 12.3. The Labute approximate surface area is 155 Å². The number of aromatic nitrogens is 1. The molecular weight excluding hydrogens is 372 g/mol. The number of anilines is 1. The molecule has 0 fully saturated rings. The van der Waals surface area contributed by atoms with Crippen LogP contribution in [0.15, 0.2) is 52.0 Å². The maximum Gasteiger partial charge on any atom is 0.293 e. The van der Waals surface area contributed by atoms with Gasteiger partial charge in [0.2, 0.25) is 14.9 Å². The zero-order chi connectivity index (χ0) is 18.9. The van der Waals surface area contributed by atoms with Crippen LogP contribution in [0, 0.1) is 0 Å². The number of carbonyl (C=O) groups excluding carboxylic acids is 1. The van der Waals surface area contributed by atoms with Gasteiger partial charge < -0.3 is 4.42 Å². The van der Waals surface area contributed by atoms with E-state index in [1.807, 2.05) is 30.3 Å². The monoisotopic (exact) mass is 390 g/mol. The number of amides is 1. The van der Waals surface area contributed by atoms with E-state index in [0.29, 0.717) is 5.13 Å². The number of sulfone groups is 1. The van der Waals surface area contributed by atoms with E-state index in [0.717, 1.165) is 22.4 Å². The van der Waals surface area contributed by atoms with Crippen molar-refractivity contribution in [2.75, 3.05) is 11.6 Å². The predicted octanol–water partition coefficient (Wildman–Crippen LogP) is 4.18. The number of hydrogen-bond acceptors (Lipinski definition) is 6. The topological polar surface area (TPSA) is 89.3 Å². The summed E-state index contributed by atoms with van der Waals surface area (Å²) in [5.74, 6) is -0.370. The molecule has 0 radical (unpaired) electrons. The Morgan fingerprint density at radius 3 is 2.42 bits per heavy atom. The third kappa shape index (κ3) is 3.86. The van der Waals surface area contributed by atoms with E-state index in [1.54, 1.807) is 0 Å². The molecule has 3 rings (SSSR count). The number of furan rings is 1. The zero-order valence-electron chi connectivity index (χ0n) is 14.5. The largest absolute Gasteiger partial charge is 0.440 e. The van der Waals surface area contributed by atoms with Crippen LogP contribution in [-0.2, 0) is 9.84 Å². The van der Waals surface area contributed by atoms with E-state index in [2.05, 4.69) is 24.1 Å². The Morgan fingerprint density at radius 1 is 1.15 bits per heavy atom. The molecule has 2 aromatic heterocycles. The summed E-state index contributed by atoms with van der Waals surface area (Å²) in [7, 11) is -3.50. The predicted molar refractivity (Wildman–Crippen MR) is 101 cm³/mol. The van der Waals surface area contributed by atoms with Gasteiger partial charge in [0, 0.05) is 16.7 Å². The SMILES string of the molecule is CC(C)c1sc(NC(=O)c2ccc(S(C)(=O)=O)o2)nc1-c1ccccc1. The molecule has 8 heteroatoms. The first kappa shape index (κ1) is 18.3. The van der Waals surface area contributed by atoms with E-state index in [-0.39, 0.29) is 16.8 Å². The Hall–Kier alpha value is -2.45. The summed E-state index contributed by atoms with van der Waals surface area (Å²) < 4.78 is 28.1. The molecule has 26 heavy (non-hydrogen) atoms. The van der Waals surface area contributed by atoms with Crippen LogP contribution in [-0.4, -0.2) is 25.6 Å². The van der Waals surface area contributed by atoms with E-state index in [9.17, 15) is 13.2 Å². The highest BCUT2D eigenvalue weighted by Crippen LogP contribution is 2.36. The Morgan fingerprint density at radius 2 is 1.85 bits per heavy atom. The second kappa shape index (κ2) is 7.05.